The van der Waals surface area contributed by atoms with Crippen LogP contribution in [-0.2, 0) is 6.54 Å². The number of rotatable bonds is 3. The molecule has 2 heterocycles. The van der Waals surface area contributed by atoms with Gasteiger partial charge in [0.05, 0.1) is 6.20 Å². The van der Waals surface area contributed by atoms with E-state index in [0.717, 1.165) is 27.8 Å². The van der Waals surface area contributed by atoms with Gasteiger partial charge in [-0.25, -0.2) is 0 Å². The zero-order valence-corrected chi connectivity index (χ0v) is 11.1. The van der Waals surface area contributed by atoms with Crippen LogP contribution in [0.3, 0.4) is 0 Å². The van der Waals surface area contributed by atoms with Crippen molar-refractivity contribution in [3.8, 4) is 0 Å². The molecule has 0 saturated carbocycles. The number of aromatic nitrogens is 4. The molecule has 96 valence electrons. The van der Waals surface area contributed by atoms with Crippen molar-refractivity contribution in [1.29, 1.82) is 0 Å². The molecule has 0 saturated heterocycles. The maximum atomic E-state index is 6.04. The third kappa shape index (κ3) is 2.24. The summed E-state index contributed by atoms with van der Waals surface area (Å²) in [5, 5.41) is 20.5. The van der Waals surface area contributed by atoms with E-state index in [9.17, 15) is 0 Å². The fraction of sp³-hybridized carbons (Fsp3) is 0.154. The molecule has 0 amide bonds. The summed E-state index contributed by atoms with van der Waals surface area (Å²) < 4.78 is 0. The summed E-state index contributed by atoms with van der Waals surface area (Å²) in [4.78, 5) is 0. The Kier molecular flexibility index (Phi) is 3.05. The summed E-state index contributed by atoms with van der Waals surface area (Å²) in [5.74, 6) is 0.723. The van der Waals surface area contributed by atoms with E-state index in [1.807, 2.05) is 31.2 Å². The summed E-state index contributed by atoms with van der Waals surface area (Å²) in [6.07, 6.45) is 1.80. The molecule has 2 N–H and O–H groups in total. The van der Waals surface area contributed by atoms with Crippen LogP contribution in [0.1, 0.15) is 11.3 Å². The Morgan fingerprint density at radius 2 is 2.00 bits per heavy atom. The van der Waals surface area contributed by atoms with E-state index in [4.69, 9.17) is 11.6 Å². The van der Waals surface area contributed by atoms with Crippen molar-refractivity contribution < 1.29 is 0 Å². The average molecular weight is 274 g/mol. The molecule has 2 aromatic heterocycles. The number of hydrogen-bond acceptors (Lipinski definition) is 4. The predicted octanol–water partition coefficient (Wildman–Crippen LogP) is 2.93. The molecule has 3 aromatic rings. The first-order valence-electron chi connectivity index (χ1n) is 5.89. The lowest BCUT2D eigenvalue weighted by molar-refractivity contribution is 1.01. The van der Waals surface area contributed by atoms with Crippen LogP contribution in [0, 0.1) is 6.92 Å². The number of benzene rings is 1. The number of hydrogen-bond donors (Lipinski definition) is 2. The maximum Gasteiger partial charge on any atom is 0.159 e. The van der Waals surface area contributed by atoms with Gasteiger partial charge in [-0.3, -0.25) is 5.10 Å². The van der Waals surface area contributed by atoms with E-state index < -0.39 is 0 Å². The van der Waals surface area contributed by atoms with Gasteiger partial charge in [-0.1, -0.05) is 35.9 Å². The fourth-order valence-corrected chi connectivity index (χ4v) is 2.14. The fourth-order valence-electron chi connectivity index (χ4n) is 1.93. The highest BCUT2D eigenvalue weighted by atomic mass is 35.5. The lowest BCUT2D eigenvalue weighted by atomic mass is 10.2. The number of anilines is 1. The van der Waals surface area contributed by atoms with Gasteiger partial charge in [-0.05, 0) is 6.92 Å². The first-order valence-corrected chi connectivity index (χ1v) is 6.27. The SMILES string of the molecule is Cc1[nH]ncc1CNc1nnc(Cl)c2ccccc12. The molecule has 0 bridgehead atoms. The van der Waals surface area contributed by atoms with Crippen LogP contribution >= 0.6 is 11.6 Å². The molecule has 0 unspecified atom stereocenters. The summed E-state index contributed by atoms with van der Waals surface area (Å²) in [5.41, 5.74) is 2.14. The molecule has 6 heteroatoms. The minimum atomic E-state index is 0.417. The average Bonchev–Trinajstić information content (AvgIpc) is 2.84. The molecule has 0 atom stereocenters. The van der Waals surface area contributed by atoms with Crippen LogP contribution in [0.5, 0.6) is 0 Å². The summed E-state index contributed by atoms with van der Waals surface area (Å²) in [6.45, 7) is 2.62. The maximum absolute atomic E-state index is 6.04. The monoisotopic (exact) mass is 273 g/mol. The van der Waals surface area contributed by atoms with E-state index in [1.165, 1.54) is 0 Å². The van der Waals surface area contributed by atoms with E-state index in [-0.39, 0.29) is 0 Å². The van der Waals surface area contributed by atoms with Crippen LogP contribution in [0.2, 0.25) is 5.15 Å². The molecule has 0 aliphatic heterocycles. The molecule has 0 aliphatic carbocycles. The Morgan fingerprint density at radius 1 is 1.21 bits per heavy atom. The third-order valence-corrected chi connectivity index (χ3v) is 3.30. The standard InChI is InChI=1S/C13H12ClN5/c1-8-9(7-16-17-8)6-15-13-11-5-3-2-4-10(11)12(14)18-19-13/h2-5,7H,6H2,1H3,(H,15,19)(H,16,17). The second-order valence-electron chi connectivity index (χ2n) is 4.26. The van der Waals surface area contributed by atoms with Crippen molar-refractivity contribution in [3.63, 3.8) is 0 Å². The number of fused-ring (bicyclic) bond motifs is 1. The summed E-state index contributed by atoms with van der Waals surface area (Å²) in [7, 11) is 0. The zero-order valence-electron chi connectivity index (χ0n) is 10.3. The van der Waals surface area contributed by atoms with Crippen molar-refractivity contribution in [1.82, 2.24) is 20.4 Å². The number of H-pyrrole nitrogens is 1. The minimum absolute atomic E-state index is 0.417. The van der Waals surface area contributed by atoms with Crippen LogP contribution < -0.4 is 5.32 Å². The topological polar surface area (TPSA) is 66.5 Å². The predicted molar refractivity (Wildman–Crippen MR) is 75.2 cm³/mol. The van der Waals surface area contributed by atoms with Crippen molar-refractivity contribution in [2.75, 3.05) is 5.32 Å². The normalized spacial score (nSPS) is 10.8. The van der Waals surface area contributed by atoms with Crippen LogP contribution in [-0.4, -0.2) is 20.4 Å². The van der Waals surface area contributed by atoms with E-state index in [1.54, 1.807) is 6.20 Å². The number of aryl methyl sites for hydroxylation is 1. The quantitative estimate of drug-likeness (QED) is 0.770. The van der Waals surface area contributed by atoms with Gasteiger partial charge in [-0.2, -0.15) is 5.10 Å². The molecule has 1 aromatic carbocycles. The Balaban J connectivity index is 1.93. The van der Waals surface area contributed by atoms with Gasteiger partial charge in [0, 0.05) is 28.6 Å². The second kappa shape index (κ2) is 4.85. The Morgan fingerprint density at radius 3 is 2.74 bits per heavy atom. The third-order valence-electron chi connectivity index (χ3n) is 3.02. The zero-order chi connectivity index (χ0) is 13.2. The lowest BCUT2D eigenvalue weighted by Crippen LogP contribution is -2.03. The summed E-state index contributed by atoms with van der Waals surface area (Å²) in [6, 6.07) is 7.79. The van der Waals surface area contributed by atoms with Crippen molar-refractivity contribution in [3.05, 3.63) is 46.9 Å². The lowest BCUT2D eigenvalue weighted by Gasteiger charge is -2.08. The second-order valence-corrected chi connectivity index (χ2v) is 4.62. The molecule has 3 rings (SSSR count). The van der Waals surface area contributed by atoms with E-state index in [0.29, 0.717) is 11.7 Å². The van der Waals surface area contributed by atoms with Gasteiger partial charge in [0.2, 0.25) is 0 Å². The Bertz CT molecular complexity index is 722. The van der Waals surface area contributed by atoms with Gasteiger partial charge >= 0.3 is 0 Å². The number of nitrogens with zero attached hydrogens (tertiary/aromatic N) is 3. The van der Waals surface area contributed by atoms with E-state index in [2.05, 4.69) is 25.7 Å². The number of aromatic amines is 1. The number of nitrogens with one attached hydrogen (secondary N) is 2. The van der Waals surface area contributed by atoms with Crippen molar-refractivity contribution >= 4 is 28.2 Å². The van der Waals surface area contributed by atoms with Gasteiger partial charge in [0.25, 0.3) is 0 Å². The smallest absolute Gasteiger partial charge is 0.159 e. The minimum Gasteiger partial charge on any atom is -0.364 e. The van der Waals surface area contributed by atoms with Crippen LogP contribution in [0.25, 0.3) is 10.8 Å². The summed E-state index contributed by atoms with van der Waals surface area (Å²) >= 11 is 6.04. The van der Waals surface area contributed by atoms with Gasteiger partial charge in [-0.15, -0.1) is 10.2 Å². The number of halogens is 1. The van der Waals surface area contributed by atoms with Crippen molar-refractivity contribution in [2.45, 2.75) is 13.5 Å². The van der Waals surface area contributed by atoms with Crippen molar-refractivity contribution in [2.24, 2.45) is 0 Å². The molecule has 0 radical (unpaired) electrons. The molecule has 0 fully saturated rings. The first kappa shape index (κ1) is 11.9. The molecular formula is C13H12ClN5. The molecule has 5 nitrogen and oxygen atoms in total. The Labute approximate surface area is 115 Å². The highest BCUT2D eigenvalue weighted by Gasteiger charge is 2.07. The van der Waals surface area contributed by atoms with E-state index >= 15 is 0 Å². The first-order chi connectivity index (χ1) is 9.25. The van der Waals surface area contributed by atoms with Gasteiger partial charge in [0.15, 0.2) is 11.0 Å². The molecule has 19 heavy (non-hydrogen) atoms. The molecule has 0 spiro atoms. The highest BCUT2D eigenvalue weighted by Crippen LogP contribution is 2.25. The largest absolute Gasteiger partial charge is 0.364 e. The van der Waals surface area contributed by atoms with Crippen LogP contribution in [0.15, 0.2) is 30.5 Å². The van der Waals surface area contributed by atoms with Crippen LogP contribution in [0.4, 0.5) is 5.82 Å². The Hall–Kier alpha value is -2.14. The highest BCUT2D eigenvalue weighted by molar-refractivity contribution is 6.34. The molecular weight excluding hydrogens is 262 g/mol. The van der Waals surface area contributed by atoms with Gasteiger partial charge < -0.3 is 5.32 Å². The molecule has 0 aliphatic rings. The van der Waals surface area contributed by atoms with Gasteiger partial charge in [0.1, 0.15) is 0 Å².